The van der Waals surface area contributed by atoms with Crippen LogP contribution in [-0.2, 0) is 32.7 Å². The summed E-state index contributed by atoms with van der Waals surface area (Å²) < 4.78 is 12.1. The fourth-order valence-electron chi connectivity index (χ4n) is 3.72. The second-order valence-corrected chi connectivity index (χ2v) is 7.24. The fourth-order valence-corrected chi connectivity index (χ4v) is 3.72. The Kier molecular flexibility index (Phi) is 6.72. The third-order valence-corrected chi connectivity index (χ3v) is 5.10. The molecule has 10 heteroatoms. The van der Waals surface area contributed by atoms with Gasteiger partial charge in [-0.2, -0.15) is 0 Å². The lowest BCUT2D eigenvalue weighted by atomic mass is 9.82. The summed E-state index contributed by atoms with van der Waals surface area (Å²) in [6, 6.07) is 9.11. The summed E-state index contributed by atoms with van der Waals surface area (Å²) in [6.07, 6.45) is 1.27. The number of hydrogen-bond donors (Lipinski definition) is 1. The van der Waals surface area contributed by atoms with Crippen LogP contribution in [0.3, 0.4) is 0 Å². The second-order valence-electron chi connectivity index (χ2n) is 7.24. The highest BCUT2D eigenvalue weighted by Crippen LogP contribution is 2.42. The lowest BCUT2D eigenvalue weighted by molar-refractivity contribution is -0.390. The van der Waals surface area contributed by atoms with Crippen molar-refractivity contribution >= 4 is 17.8 Å². The Bertz CT molecular complexity index is 1120. The largest absolute Gasteiger partial charge is 0.463 e. The van der Waals surface area contributed by atoms with Crippen molar-refractivity contribution in [2.45, 2.75) is 33.3 Å². The lowest BCUT2D eigenvalue weighted by Gasteiger charge is -2.29. The summed E-state index contributed by atoms with van der Waals surface area (Å²) >= 11 is 0. The first-order chi connectivity index (χ1) is 15.3. The van der Waals surface area contributed by atoms with Gasteiger partial charge in [0.2, 0.25) is 6.33 Å². The highest BCUT2D eigenvalue weighted by Gasteiger charge is 2.43. The maximum atomic E-state index is 13.2. The molecule has 2 heterocycles. The van der Waals surface area contributed by atoms with E-state index in [0.29, 0.717) is 11.4 Å². The van der Waals surface area contributed by atoms with Crippen molar-refractivity contribution in [1.82, 2.24) is 14.9 Å². The minimum absolute atomic E-state index is 0.00803. The van der Waals surface area contributed by atoms with Gasteiger partial charge in [0.25, 0.3) is 0 Å². The Morgan fingerprint density at radius 2 is 1.72 bits per heavy atom. The minimum atomic E-state index is -1.09. The molecule has 168 valence electrons. The van der Waals surface area contributed by atoms with Crippen LogP contribution in [0.2, 0.25) is 0 Å². The fraction of sp³-hybridized carbons (Fsp3) is 0.318. The van der Waals surface area contributed by atoms with Crippen LogP contribution in [0.4, 0.5) is 5.82 Å². The quantitative estimate of drug-likeness (QED) is 0.396. The molecule has 10 nitrogen and oxygen atoms in total. The molecule has 0 saturated carbocycles. The van der Waals surface area contributed by atoms with E-state index in [0.717, 1.165) is 5.56 Å². The Morgan fingerprint density at radius 1 is 1.12 bits per heavy atom. The normalized spacial score (nSPS) is 15.9. The highest BCUT2D eigenvalue weighted by molar-refractivity contribution is 6.00. The predicted molar refractivity (Wildman–Crippen MR) is 114 cm³/mol. The van der Waals surface area contributed by atoms with Crippen molar-refractivity contribution in [3.63, 3.8) is 0 Å². The monoisotopic (exact) mass is 440 g/mol. The Morgan fingerprint density at radius 3 is 2.28 bits per heavy atom. The van der Waals surface area contributed by atoms with Crippen LogP contribution in [0.25, 0.3) is 0 Å². The van der Waals surface area contributed by atoms with Crippen LogP contribution in [-0.4, -0.2) is 33.0 Å². The average molecular weight is 440 g/mol. The van der Waals surface area contributed by atoms with Crippen molar-refractivity contribution in [3.8, 4) is 0 Å². The number of aryl methyl sites for hydroxylation is 1. The van der Waals surface area contributed by atoms with Gasteiger partial charge in [0.1, 0.15) is 12.3 Å². The molecule has 1 aromatic carbocycles. The smallest absolute Gasteiger partial charge is 0.385 e. The van der Waals surface area contributed by atoms with Crippen LogP contribution < -0.4 is 5.32 Å². The predicted octanol–water partition coefficient (Wildman–Crippen LogP) is 2.87. The number of benzene rings is 1. The van der Waals surface area contributed by atoms with Crippen molar-refractivity contribution in [1.29, 1.82) is 0 Å². The van der Waals surface area contributed by atoms with E-state index in [-0.39, 0.29) is 30.1 Å². The molecule has 0 amide bonds. The number of nitrogens with one attached hydrogen (secondary N) is 1. The number of dihydropyridines is 1. The van der Waals surface area contributed by atoms with Crippen LogP contribution in [0, 0.1) is 10.1 Å². The number of carbonyl (C=O) groups is 2. The van der Waals surface area contributed by atoms with Crippen molar-refractivity contribution in [2.75, 3.05) is 6.61 Å². The number of esters is 2. The van der Waals surface area contributed by atoms with Gasteiger partial charge in [-0.05, 0) is 36.2 Å². The highest BCUT2D eigenvalue weighted by atomic mass is 16.6. The third kappa shape index (κ3) is 4.39. The summed E-state index contributed by atoms with van der Waals surface area (Å²) in [5.74, 6) is -2.92. The number of nitro groups is 1. The van der Waals surface area contributed by atoms with Gasteiger partial charge in [-0.25, -0.2) is 9.59 Å². The van der Waals surface area contributed by atoms with E-state index >= 15 is 0 Å². The van der Waals surface area contributed by atoms with E-state index in [4.69, 9.17) is 9.47 Å². The molecule has 32 heavy (non-hydrogen) atoms. The van der Waals surface area contributed by atoms with E-state index < -0.39 is 28.6 Å². The van der Waals surface area contributed by atoms with Crippen molar-refractivity contribution < 1.29 is 24.0 Å². The molecular formula is C22H24N4O6. The molecule has 0 aliphatic carbocycles. The minimum Gasteiger partial charge on any atom is -0.463 e. The lowest BCUT2D eigenvalue weighted by Crippen LogP contribution is -2.33. The van der Waals surface area contributed by atoms with Crippen molar-refractivity contribution in [3.05, 3.63) is 80.6 Å². The Hall–Kier alpha value is -3.95. The molecule has 2 aromatic rings. The molecular weight excluding hydrogens is 416 g/mol. The van der Waals surface area contributed by atoms with Gasteiger partial charge in [-0.15, -0.1) is 0 Å². The number of allylic oxidation sites excluding steroid dienone is 2. The van der Waals surface area contributed by atoms with E-state index in [1.54, 1.807) is 27.8 Å². The van der Waals surface area contributed by atoms with Crippen LogP contribution >= 0.6 is 0 Å². The molecule has 0 fully saturated rings. The van der Waals surface area contributed by atoms with Gasteiger partial charge in [0.05, 0.1) is 23.7 Å². The number of imidazole rings is 1. The SMILES string of the molecule is CCOC(=O)C1=C(C)NC(C)=C(C(=O)OCc2ccccc2)C1c1c([N+](=O)[O-])ncn1C. The zero-order chi connectivity index (χ0) is 23.4. The zero-order valence-electron chi connectivity index (χ0n) is 18.2. The first-order valence-electron chi connectivity index (χ1n) is 9.98. The van der Waals surface area contributed by atoms with Crippen molar-refractivity contribution in [2.24, 2.45) is 7.05 Å². The maximum Gasteiger partial charge on any atom is 0.385 e. The first-order valence-corrected chi connectivity index (χ1v) is 9.98. The Balaban J connectivity index is 2.10. The van der Waals surface area contributed by atoms with E-state index in [1.807, 2.05) is 30.3 Å². The Labute approximate surface area is 184 Å². The molecule has 0 saturated heterocycles. The maximum absolute atomic E-state index is 13.2. The van der Waals surface area contributed by atoms with Gasteiger partial charge in [-0.3, -0.25) is 0 Å². The van der Waals surface area contributed by atoms with E-state index in [1.165, 1.54) is 10.9 Å². The molecule has 0 bridgehead atoms. The van der Waals surface area contributed by atoms with Gasteiger partial charge >= 0.3 is 17.8 Å². The summed E-state index contributed by atoms with van der Waals surface area (Å²) in [7, 11) is 1.57. The standard InChI is InChI=1S/C22H24N4O6/c1-5-31-21(27)16-13(2)24-14(3)17(22(28)32-11-15-9-7-6-8-10-15)18(16)19-20(26(29)30)23-12-25(19)4/h6-10,12,18,24H,5,11H2,1-4H3. The third-order valence-electron chi connectivity index (χ3n) is 5.10. The van der Waals surface area contributed by atoms with Crippen LogP contribution in [0.1, 0.15) is 37.9 Å². The van der Waals surface area contributed by atoms with E-state index in [9.17, 15) is 19.7 Å². The number of carbonyl (C=O) groups excluding carboxylic acids is 2. The van der Waals surface area contributed by atoms with Gasteiger partial charge < -0.3 is 29.5 Å². The van der Waals surface area contributed by atoms with Crippen LogP contribution in [0.5, 0.6) is 0 Å². The number of hydrogen-bond acceptors (Lipinski definition) is 8. The number of aromatic nitrogens is 2. The molecule has 1 atom stereocenters. The summed E-state index contributed by atoms with van der Waals surface area (Å²) in [5, 5.41) is 14.7. The second kappa shape index (κ2) is 9.46. The molecule has 1 aliphatic heterocycles. The molecule has 1 unspecified atom stereocenters. The topological polar surface area (TPSA) is 126 Å². The number of nitrogens with zero attached hydrogens (tertiary/aromatic N) is 3. The summed E-state index contributed by atoms with van der Waals surface area (Å²) in [6.45, 7) is 5.07. The zero-order valence-corrected chi connectivity index (χ0v) is 18.2. The van der Waals surface area contributed by atoms with Gasteiger partial charge in [-0.1, -0.05) is 30.3 Å². The van der Waals surface area contributed by atoms with E-state index in [2.05, 4.69) is 10.3 Å². The number of ether oxygens (including phenoxy) is 2. The molecule has 0 radical (unpaired) electrons. The summed E-state index contributed by atoms with van der Waals surface area (Å²) in [4.78, 5) is 41.0. The average Bonchev–Trinajstić information content (AvgIpc) is 3.13. The van der Waals surface area contributed by atoms with Gasteiger partial charge in [0, 0.05) is 18.4 Å². The molecule has 1 aliphatic rings. The molecule has 3 rings (SSSR count). The molecule has 1 N–H and O–H groups in total. The molecule has 1 aromatic heterocycles. The van der Waals surface area contributed by atoms with Gasteiger partial charge in [0.15, 0.2) is 0 Å². The summed E-state index contributed by atoms with van der Waals surface area (Å²) in [5.41, 5.74) is 1.90. The van der Waals surface area contributed by atoms with Crippen LogP contribution in [0.15, 0.2) is 59.2 Å². The number of rotatable bonds is 7. The molecule has 0 spiro atoms. The first kappa shape index (κ1) is 22.7.